The standard InChI is InChI=1S/C9H10N4O/c1-13-11-9(10-12-13)7-3-5-8(14-2)6-4-7/h3-6,13H,1H2,2H3. The minimum Gasteiger partial charge on any atom is -0.497 e. The van der Waals surface area contributed by atoms with E-state index in [1.807, 2.05) is 24.3 Å². The van der Waals surface area contributed by atoms with Crippen LogP contribution < -0.4 is 9.85 Å². The third-order valence-electron chi connectivity index (χ3n) is 1.84. The largest absolute Gasteiger partial charge is 0.497 e. The van der Waals surface area contributed by atoms with Crippen molar-refractivity contribution < 1.29 is 9.85 Å². The molecule has 1 heterocycles. The Morgan fingerprint density at radius 3 is 2.50 bits per heavy atom. The van der Waals surface area contributed by atoms with Crippen LogP contribution in [0.3, 0.4) is 0 Å². The topological polar surface area (TPSA) is 50.8 Å². The highest BCUT2D eigenvalue weighted by Gasteiger charge is 2.11. The Bertz CT molecular complexity index is 382. The van der Waals surface area contributed by atoms with Gasteiger partial charge in [0.2, 0.25) is 5.84 Å². The van der Waals surface area contributed by atoms with Gasteiger partial charge in [0.25, 0.3) is 0 Å². The van der Waals surface area contributed by atoms with Crippen LogP contribution in [0.4, 0.5) is 0 Å². The van der Waals surface area contributed by atoms with E-state index in [1.165, 1.54) is 0 Å². The summed E-state index contributed by atoms with van der Waals surface area (Å²) in [5, 5.41) is 12.1. The van der Waals surface area contributed by atoms with Gasteiger partial charge in [-0.05, 0) is 24.3 Å². The summed E-state index contributed by atoms with van der Waals surface area (Å²) in [6.07, 6.45) is 0. The van der Waals surface area contributed by atoms with Gasteiger partial charge in [0, 0.05) is 10.8 Å². The Hall–Kier alpha value is -1.75. The molecule has 5 nitrogen and oxygen atoms in total. The third-order valence-corrected chi connectivity index (χ3v) is 1.84. The zero-order valence-corrected chi connectivity index (χ0v) is 7.77. The first-order chi connectivity index (χ1) is 6.79. The van der Waals surface area contributed by atoms with Crippen LogP contribution in [0.15, 0.2) is 39.7 Å². The predicted molar refractivity (Wildman–Crippen MR) is 50.7 cm³/mol. The molecule has 0 bridgehead atoms. The van der Waals surface area contributed by atoms with E-state index < -0.39 is 0 Å². The van der Waals surface area contributed by atoms with Crippen LogP contribution in [-0.4, -0.2) is 12.9 Å². The van der Waals surface area contributed by atoms with Crippen molar-refractivity contribution in [2.75, 3.05) is 7.11 Å². The van der Waals surface area contributed by atoms with Gasteiger partial charge >= 0.3 is 0 Å². The quantitative estimate of drug-likeness (QED) is 0.675. The van der Waals surface area contributed by atoms with Gasteiger partial charge in [0.1, 0.15) is 5.75 Å². The third kappa shape index (κ3) is 1.62. The van der Waals surface area contributed by atoms with Crippen molar-refractivity contribution in [3.8, 4) is 5.75 Å². The normalized spacial score (nSPS) is 19.6. The number of quaternary nitrogens is 1. The maximum atomic E-state index is 5.04. The summed E-state index contributed by atoms with van der Waals surface area (Å²) in [6.45, 7) is 0. The summed E-state index contributed by atoms with van der Waals surface area (Å²) in [5.74, 6) is 1.40. The number of hydrogen-bond donors (Lipinski definition) is 1. The number of hydrogen-bond acceptors (Lipinski definition) is 4. The second-order valence-electron chi connectivity index (χ2n) is 2.78. The van der Waals surface area contributed by atoms with Crippen molar-refractivity contribution in [3.63, 3.8) is 0 Å². The summed E-state index contributed by atoms with van der Waals surface area (Å²) >= 11 is 0. The lowest BCUT2D eigenvalue weighted by Gasteiger charge is -1.99. The van der Waals surface area contributed by atoms with Crippen molar-refractivity contribution in [1.82, 2.24) is 0 Å². The van der Waals surface area contributed by atoms with Crippen molar-refractivity contribution in [1.29, 1.82) is 0 Å². The molecule has 0 amide bonds. The minimum absolute atomic E-state index is 0.441. The average molecular weight is 190 g/mol. The molecule has 1 atom stereocenters. The molecular formula is C9H10N4O. The van der Waals surface area contributed by atoms with E-state index in [9.17, 15) is 0 Å². The molecule has 0 fully saturated rings. The lowest BCUT2D eigenvalue weighted by atomic mass is 10.2. The van der Waals surface area contributed by atoms with Crippen LogP contribution in [0, 0.1) is 7.05 Å². The molecule has 0 saturated heterocycles. The number of ether oxygens (including phenoxy) is 1. The van der Waals surface area contributed by atoms with Crippen molar-refractivity contribution >= 4 is 5.84 Å². The van der Waals surface area contributed by atoms with Crippen molar-refractivity contribution in [2.24, 2.45) is 15.4 Å². The van der Waals surface area contributed by atoms with Gasteiger partial charge in [-0.3, -0.25) is 0 Å². The summed E-state index contributed by atoms with van der Waals surface area (Å²) in [5.41, 5.74) is 0.910. The fraction of sp³-hybridized carbons (Fsp3) is 0.111. The Labute approximate surface area is 81.7 Å². The maximum Gasteiger partial charge on any atom is 0.241 e. The molecule has 1 aliphatic heterocycles. The second kappa shape index (κ2) is 3.55. The Balaban J connectivity index is 2.26. The molecule has 72 valence electrons. The SMILES string of the molecule is [CH2-][NH+]1N=NC(c2ccc(OC)cc2)=N1. The number of rotatable bonds is 2. The van der Waals surface area contributed by atoms with Gasteiger partial charge in [-0.1, -0.05) is 17.3 Å². The summed E-state index contributed by atoms with van der Waals surface area (Å²) in [6, 6.07) is 7.48. The molecule has 1 aromatic carbocycles. The van der Waals surface area contributed by atoms with Gasteiger partial charge in [-0.25, -0.2) is 0 Å². The number of nitrogens with one attached hydrogen (secondary N) is 1. The molecule has 5 heteroatoms. The smallest absolute Gasteiger partial charge is 0.241 e. The molecule has 1 unspecified atom stereocenters. The van der Waals surface area contributed by atoms with E-state index in [2.05, 4.69) is 22.5 Å². The van der Waals surface area contributed by atoms with Gasteiger partial charge in [0.15, 0.2) is 0 Å². The first-order valence-electron chi connectivity index (χ1n) is 4.13. The van der Waals surface area contributed by atoms with Crippen molar-refractivity contribution in [2.45, 2.75) is 0 Å². The van der Waals surface area contributed by atoms with Gasteiger partial charge in [0.05, 0.1) is 7.11 Å². The first-order valence-corrected chi connectivity index (χ1v) is 4.13. The highest BCUT2D eigenvalue weighted by molar-refractivity contribution is 5.99. The van der Waals surface area contributed by atoms with Crippen LogP contribution in [0.1, 0.15) is 5.56 Å². The number of amidine groups is 1. The molecule has 2 rings (SSSR count). The van der Waals surface area contributed by atoms with Gasteiger partial charge in [-0.15, -0.1) is 0 Å². The van der Waals surface area contributed by atoms with Crippen molar-refractivity contribution in [3.05, 3.63) is 36.9 Å². The first kappa shape index (κ1) is 8.83. The maximum absolute atomic E-state index is 5.04. The Kier molecular flexibility index (Phi) is 2.24. The highest BCUT2D eigenvalue weighted by atomic mass is 16.5. The van der Waals surface area contributed by atoms with E-state index in [4.69, 9.17) is 4.74 Å². The van der Waals surface area contributed by atoms with Crippen LogP contribution in [0.5, 0.6) is 5.75 Å². The Morgan fingerprint density at radius 1 is 1.29 bits per heavy atom. The molecule has 1 aromatic rings. The summed E-state index contributed by atoms with van der Waals surface area (Å²) in [7, 11) is 5.22. The van der Waals surface area contributed by atoms with E-state index in [0.29, 0.717) is 11.0 Å². The molecule has 0 aromatic heterocycles. The lowest BCUT2D eigenvalue weighted by Crippen LogP contribution is -2.95. The number of methoxy groups -OCH3 is 1. The zero-order chi connectivity index (χ0) is 9.97. The van der Waals surface area contributed by atoms with Crippen LogP contribution in [-0.2, 0) is 0 Å². The molecule has 0 radical (unpaired) electrons. The fourth-order valence-corrected chi connectivity index (χ4v) is 1.13. The number of nitrogens with zero attached hydrogens (tertiary/aromatic N) is 3. The molecule has 1 N–H and O–H groups in total. The molecule has 14 heavy (non-hydrogen) atoms. The Morgan fingerprint density at radius 2 is 2.00 bits per heavy atom. The van der Waals surface area contributed by atoms with E-state index in [-0.39, 0.29) is 0 Å². The molecule has 0 saturated carbocycles. The van der Waals surface area contributed by atoms with Crippen LogP contribution in [0.2, 0.25) is 0 Å². The number of benzene rings is 1. The fourth-order valence-electron chi connectivity index (χ4n) is 1.13. The molecule has 0 aliphatic carbocycles. The van der Waals surface area contributed by atoms with Crippen LogP contribution in [0.25, 0.3) is 0 Å². The average Bonchev–Trinajstić information content (AvgIpc) is 2.65. The van der Waals surface area contributed by atoms with E-state index >= 15 is 0 Å². The predicted octanol–water partition coefficient (Wildman–Crippen LogP) is 0.414. The highest BCUT2D eigenvalue weighted by Crippen LogP contribution is 2.12. The minimum atomic E-state index is 0.441. The lowest BCUT2D eigenvalue weighted by molar-refractivity contribution is -0.868. The molecule has 0 spiro atoms. The summed E-state index contributed by atoms with van der Waals surface area (Å²) < 4.78 is 5.04. The zero-order valence-electron chi connectivity index (χ0n) is 7.77. The molecule has 1 aliphatic rings. The van der Waals surface area contributed by atoms with E-state index in [0.717, 1.165) is 11.3 Å². The molecular weight excluding hydrogens is 180 g/mol. The monoisotopic (exact) mass is 190 g/mol. The van der Waals surface area contributed by atoms with Gasteiger partial charge < -0.3 is 4.74 Å². The van der Waals surface area contributed by atoms with Gasteiger partial charge in [-0.2, -0.15) is 5.12 Å². The summed E-state index contributed by atoms with van der Waals surface area (Å²) in [4.78, 5) is 0. The van der Waals surface area contributed by atoms with E-state index in [1.54, 1.807) is 7.11 Å². The second-order valence-corrected chi connectivity index (χ2v) is 2.78. The van der Waals surface area contributed by atoms with Crippen LogP contribution >= 0.6 is 0 Å².